The maximum absolute atomic E-state index is 12.9. The summed E-state index contributed by atoms with van der Waals surface area (Å²) in [4.78, 5) is 25.4. The quantitative estimate of drug-likeness (QED) is 0.202. The number of esters is 1. The predicted octanol–water partition coefficient (Wildman–Crippen LogP) is 6.84. The van der Waals surface area contributed by atoms with E-state index in [4.69, 9.17) is 25.2 Å². The highest BCUT2D eigenvalue weighted by molar-refractivity contribution is 9.10. The SMILES string of the molecule is O=C(Oc1ccc2c(=O)c(-c3ccc(Br)cc3)coc2c1)c1cc2cc(Cl)ccc2o1. The van der Waals surface area contributed by atoms with Gasteiger partial charge in [0, 0.05) is 20.9 Å². The molecule has 5 aromatic rings. The van der Waals surface area contributed by atoms with Gasteiger partial charge in [0.2, 0.25) is 5.76 Å². The molecule has 0 radical (unpaired) electrons. The zero-order valence-corrected chi connectivity index (χ0v) is 18.1. The van der Waals surface area contributed by atoms with Gasteiger partial charge < -0.3 is 13.6 Å². The summed E-state index contributed by atoms with van der Waals surface area (Å²) in [7, 11) is 0. The van der Waals surface area contributed by atoms with Gasteiger partial charge >= 0.3 is 5.97 Å². The predicted molar refractivity (Wildman–Crippen MR) is 122 cm³/mol. The molecule has 31 heavy (non-hydrogen) atoms. The van der Waals surface area contributed by atoms with Crippen LogP contribution in [0.1, 0.15) is 10.6 Å². The van der Waals surface area contributed by atoms with Crippen molar-refractivity contribution in [1.29, 1.82) is 0 Å². The fourth-order valence-electron chi connectivity index (χ4n) is 3.27. The average Bonchev–Trinajstić information content (AvgIpc) is 3.18. The Labute approximate surface area is 188 Å². The van der Waals surface area contributed by atoms with Crippen LogP contribution in [0.3, 0.4) is 0 Å². The van der Waals surface area contributed by atoms with E-state index in [0.717, 1.165) is 10.0 Å². The summed E-state index contributed by atoms with van der Waals surface area (Å²) in [5, 5.41) is 1.63. The third kappa shape index (κ3) is 3.76. The molecule has 0 atom stereocenters. The third-order valence-corrected chi connectivity index (χ3v) is 5.56. The van der Waals surface area contributed by atoms with E-state index in [-0.39, 0.29) is 16.9 Å². The average molecular weight is 496 g/mol. The van der Waals surface area contributed by atoms with E-state index in [2.05, 4.69) is 15.9 Å². The van der Waals surface area contributed by atoms with E-state index in [1.165, 1.54) is 12.3 Å². The summed E-state index contributed by atoms with van der Waals surface area (Å²) in [5.41, 5.74) is 1.87. The lowest BCUT2D eigenvalue weighted by Crippen LogP contribution is -2.08. The van der Waals surface area contributed by atoms with Crippen LogP contribution in [-0.2, 0) is 0 Å². The van der Waals surface area contributed by atoms with Crippen molar-refractivity contribution in [1.82, 2.24) is 0 Å². The van der Waals surface area contributed by atoms with Gasteiger partial charge in [0.15, 0.2) is 5.43 Å². The van der Waals surface area contributed by atoms with E-state index in [0.29, 0.717) is 32.5 Å². The number of carbonyl (C=O) groups excluding carboxylic acids is 1. The maximum atomic E-state index is 12.9. The minimum atomic E-state index is -0.666. The second kappa shape index (κ2) is 7.72. The molecule has 2 heterocycles. The van der Waals surface area contributed by atoms with Crippen molar-refractivity contribution in [2.24, 2.45) is 0 Å². The molecule has 5 nitrogen and oxygen atoms in total. The monoisotopic (exact) mass is 494 g/mol. The van der Waals surface area contributed by atoms with Crippen molar-refractivity contribution in [3.8, 4) is 16.9 Å². The van der Waals surface area contributed by atoms with Crippen LogP contribution in [0.15, 0.2) is 91.1 Å². The van der Waals surface area contributed by atoms with Crippen LogP contribution >= 0.6 is 27.5 Å². The highest BCUT2D eigenvalue weighted by atomic mass is 79.9. The van der Waals surface area contributed by atoms with Crippen LogP contribution in [0, 0.1) is 0 Å². The molecule has 0 saturated heterocycles. The minimum Gasteiger partial charge on any atom is -0.463 e. The molecule has 0 fully saturated rings. The largest absolute Gasteiger partial charge is 0.463 e. The van der Waals surface area contributed by atoms with Crippen LogP contribution in [-0.4, -0.2) is 5.97 Å². The molecule has 0 bridgehead atoms. The van der Waals surface area contributed by atoms with Gasteiger partial charge in [0.25, 0.3) is 0 Å². The van der Waals surface area contributed by atoms with Gasteiger partial charge in [-0.3, -0.25) is 4.79 Å². The van der Waals surface area contributed by atoms with Gasteiger partial charge in [-0.15, -0.1) is 0 Å². The van der Waals surface area contributed by atoms with E-state index < -0.39 is 5.97 Å². The highest BCUT2D eigenvalue weighted by Gasteiger charge is 2.16. The number of carbonyl (C=O) groups is 1. The van der Waals surface area contributed by atoms with Crippen LogP contribution in [0.25, 0.3) is 33.1 Å². The lowest BCUT2D eigenvalue weighted by molar-refractivity contribution is 0.0704. The number of fused-ring (bicyclic) bond motifs is 2. The van der Waals surface area contributed by atoms with Crippen molar-refractivity contribution >= 4 is 55.4 Å². The number of halogens is 2. The summed E-state index contributed by atoms with van der Waals surface area (Å²) in [6, 6.07) is 18.6. The van der Waals surface area contributed by atoms with Crippen LogP contribution in [0.2, 0.25) is 5.02 Å². The molecule has 0 aliphatic carbocycles. The van der Waals surface area contributed by atoms with E-state index in [1.807, 2.05) is 24.3 Å². The molecule has 7 heteroatoms. The topological polar surface area (TPSA) is 69.7 Å². The lowest BCUT2D eigenvalue weighted by atomic mass is 10.1. The molecule has 2 aromatic heterocycles. The number of ether oxygens (including phenoxy) is 1. The third-order valence-electron chi connectivity index (χ3n) is 4.79. The first-order valence-corrected chi connectivity index (χ1v) is 10.4. The molecular formula is C24H12BrClO5. The van der Waals surface area contributed by atoms with Crippen molar-refractivity contribution in [3.05, 3.63) is 98.5 Å². The van der Waals surface area contributed by atoms with E-state index >= 15 is 0 Å². The first-order chi connectivity index (χ1) is 15.0. The number of rotatable bonds is 3. The second-order valence-corrected chi connectivity index (χ2v) is 8.18. The molecule has 3 aromatic carbocycles. The Morgan fingerprint density at radius 1 is 0.935 bits per heavy atom. The highest BCUT2D eigenvalue weighted by Crippen LogP contribution is 2.26. The van der Waals surface area contributed by atoms with Crippen LogP contribution < -0.4 is 10.2 Å². The zero-order chi connectivity index (χ0) is 21.5. The standard InChI is InChI=1S/C24H12BrClO5/c25-15-3-1-13(2-4-15)19-12-29-21-11-17(6-7-18(21)23(19)27)30-24(28)22-10-14-9-16(26)5-8-20(14)31-22/h1-12H. The molecular weight excluding hydrogens is 484 g/mol. The zero-order valence-electron chi connectivity index (χ0n) is 15.7. The van der Waals surface area contributed by atoms with Crippen molar-refractivity contribution in [2.45, 2.75) is 0 Å². The minimum absolute atomic E-state index is 0.0457. The Morgan fingerprint density at radius 2 is 1.74 bits per heavy atom. The van der Waals surface area contributed by atoms with Crippen LogP contribution in [0.5, 0.6) is 5.75 Å². The maximum Gasteiger partial charge on any atom is 0.379 e. The molecule has 0 saturated carbocycles. The first-order valence-electron chi connectivity index (χ1n) is 9.21. The Kier molecular flexibility index (Phi) is 4.88. The van der Waals surface area contributed by atoms with E-state index in [9.17, 15) is 9.59 Å². The fraction of sp³-hybridized carbons (Fsp3) is 0. The van der Waals surface area contributed by atoms with Gasteiger partial charge in [-0.2, -0.15) is 0 Å². The Hall–Kier alpha value is -3.35. The molecule has 0 aliphatic rings. The molecule has 0 aliphatic heterocycles. The van der Waals surface area contributed by atoms with Crippen molar-refractivity contribution in [2.75, 3.05) is 0 Å². The van der Waals surface area contributed by atoms with Gasteiger partial charge in [-0.1, -0.05) is 39.7 Å². The Bertz CT molecular complexity index is 1520. The second-order valence-electron chi connectivity index (χ2n) is 6.83. The number of hydrogen-bond donors (Lipinski definition) is 0. The number of hydrogen-bond acceptors (Lipinski definition) is 5. The summed E-state index contributed by atoms with van der Waals surface area (Å²) < 4.78 is 17.5. The first kappa shape index (κ1) is 19.6. The van der Waals surface area contributed by atoms with Gasteiger partial charge in [-0.25, -0.2) is 4.79 Å². The summed E-state index contributed by atoms with van der Waals surface area (Å²) in [6.45, 7) is 0. The fourth-order valence-corrected chi connectivity index (χ4v) is 3.72. The van der Waals surface area contributed by atoms with E-state index in [1.54, 1.807) is 36.4 Å². The van der Waals surface area contributed by atoms with Crippen molar-refractivity contribution < 1.29 is 18.4 Å². The lowest BCUT2D eigenvalue weighted by Gasteiger charge is -2.06. The molecule has 0 spiro atoms. The Balaban J connectivity index is 1.45. The molecule has 5 rings (SSSR count). The Morgan fingerprint density at radius 3 is 2.55 bits per heavy atom. The molecule has 0 N–H and O–H groups in total. The normalized spacial score (nSPS) is 11.2. The summed E-state index contributed by atoms with van der Waals surface area (Å²) in [6.07, 6.45) is 1.41. The number of furan rings is 1. The van der Waals surface area contributed by atoms with Gasteiger partial charge in [-0.05, 0) is 54.1 Å². The number of benzene rings is 3. The summed E-state index contributed by atoms with van der Waals surface area (Å²) in [5.74, 6) is -0.388. The smallest absolute Gasteiger partial charge is 0.379 e. The molecule has 0 amide bonds. The van der Waals surface area contributed by atoms with Gasteiger partial charge in [0.05, 0.1) is 10.9 Å². The molecule has 0 unspecified atom stereocenters. The molecule has 152 valence electrons. The van der Waals surface area contributed by atoms with Gasteiger partial charge in [0.1, 0.15) is 23.2 Å². The van der Waals surface area contributed by atoms with Crippen molar-refractivity contribution in [3.63, 3.8) is 0 Å². The van der Waals surface area contributed by atoms with Crippen LogP contribution in [0.4, 0.5) is 0 Å². The summed E-state index contributed by atoms with van der Waals surface area (Å²) >= 11 is 9.34.